The number of fused-ring (bicyclic) bond motifs is 1. The van der Waals surface area contributed by atoms with Gasteiger partial charge >= 0.3 is 0 Å². The van der Waals surface area contributed by atoms with Crippen molar-refractivity contribution in [3.63, 3.8) is 0 Å². The smallest absolute Gasteiger partial charge is 0.266 e. The van der Waals surface area contributed by atoms with Crippen LogP contribution in [0, 0.1) is 0 Å². The van der Waals surface area contributed by atoms with Gasteiger partial charge in [0.05, 0.1) is 4.91 Å². The Balaban J connectivity index is 2.05. The molecule has 2 aliphatic heterocycles. The van der Waals surface area contributed by atoms with Crippen molar-refractivity contribution >= 4 is 46.2 Å². The highest BCUT2D eigenvalue weighted by atomic mass is 35.5. The quantitative estimate of drug-likeness (QED) is 0.671. The summed E-state index contributed by atoms with van der Waals surface area (Å²) in [5, 5.41) is 1.38. The van der Waals surface area contributed by atoms with Crippen LogP contribution in [0.3, 0.4) is 0 Å². The fourth-order valence-electron chi connectivity index (χ4n) is 3.61. The van der Waals surface area contributed by atoms with Crippen LogP contribution in [0.5, 0.6) is 0 Å². The lowest BCUT2D eigenvalue weighted by atomic mass is 9.80. The van der Waals surface area contributed by atoms with Gasteiger partial charge < -0.3 is 4.90 Å². The Morgan fingerprint density at radius 3 is 2.64 bits per heavy atom. The van der Waals surface area contributed by atoms with E-state index in [9.17, 15) is 4.79 Å². The standard InChI is InChI=1S/C19H24ClN3OS/c1-11-10-19(2,3)23(6)15-9-14(20)12(7-13(11)15)8-16-17(24)22(5)18(21-4)25-16/h7-9,11H,10H2,1-6H3/b16-8-,21-18?/t11-/m0/s1. The van der Waals surface area contributed by atoms with Crippen LogP contribution in [0.2, 0.25) is 5.02 Å². The summed E-state index contributed by atoms with van der Waals surface area (Å²) in [7, 11) is 5.56. The second-order valence-corrected chi connectivity index (χ2v) is 8.81. The molecule has 1 amide bonds. The number of carbonyl (C=O) groups is 1. The first kappa shape index (κ1) is 18.3. The molecule has 2 aliphatic rings. The number of anilines is 1. The van der Waals surface area contributed by atoms with Crippen molar-refractivity contribution in [2.75, 3.05) is 26.0 Å². The summed E-state index contributed by atoms with van der Waals surface area (Å²) in [6.45, 7) is 6.76. The molecule has 1 atom stereocenters. The highest BCUT2D eigenvalue weighted by Gasteiger charge is 2.35. The average molecular weight is 378 g/mol. The Morgan fingerprint density at radius 1 is 1.36 bits per heavy atom. The molecule has 0 radical (unpaired) electrons. The lowest BCUT2D eigenvalue weighted by molar-refractivity contribution is -0.121. The van der Waals surface area contributed by atoms with Crippen LogP contribution in [0.25, 0.3) is 6.08 Å². The van der Waals surface area contributed by atoms with Gasteiger partial charge in [-0.05, 0) is 67.3 Å². The Kier molecular flexibility index (Phi) is 4.67. The van der Waals surface area contributed by atoms with Crippen molar-refractivity contribution in [1.82, 2.24) is 4.90 Å². The van der Waals surface area contributed by atoms with Crippen LogP contribution in [-0.2, 0) is 4.79 Å². The maximum atomic E-state index is 12.4. The van der Waals surface area contributed by atoms with E-state index < -0.39 is 0 Å². The maximum Gasteiger partial charge on any atom is 0.266 e. The summed E-state index contributed by atoms with van der Waals surface area (Å²) < 4.78 is 0. The van der Waals surface area contributed by atoms with Crippen molar-refractivity contribution < 1.29 is 4.79 Å². The minimum atomic E-state index is -0.0364. The van der Waals surface area contributed by atoms with Crippen molar-refractivity contribution in [2.24, 2.45) is 4.99 Å². The Bertz CT molecular complexity index is 800. The molecule has 2 heterocycles. The molecule has 1 aromatic carbocycles. The average Bonchev–Trinajstić information content (AvgIpc) is 2.81. The zero-order valence-corrected chi connectivity index (χ0v) is 17.1. The largest absolute Gasteiger partial charge is 0.369 e. The predicted molar refractivity (Wildman–Crippen MR) is 109 cm³/mol. The normalized spacial score (nSPS) is 25.9. The van der Waals surface area contributed by atoms with Gasteiger partial charge in [0.2, 0.25) is 0 Å². The summed E-state index contributed by atoms with van der Waals surface area (Å²) in [6.07, 6.45) is 2.97. The lowest BCUT2D eigenvalue weighted by Crippen LogP contribution is -2.45. The minimum Gasteiger partial charge on any atom is -0.369 e. The van der Waals surface area contributed by atoms with Crippen molar-refractivity contribution in [1.29, 1.82) is 0 Å². The number of amidine groups is 1. The number of amides is 1. The Labute approximate surface area is 158 Å². The molecular formula is C19H24ClN3OS. The monoisotopic (exact) mass is 377 g/mol. The van der Waals surface area contributed by atoms with E-state index in [4.69, 9.17) is 11.6 Å². The summed E-state index contributed by atoms with van der Waals surface area (Å²) >= 11 is 7.95. The van der Waals surface area contributed by atoms with Crippen LogP contribution in [0.1, 0.15) is 44.2 Å². The van der Waals surface area contributed by atoms with Crippen molar-refractivity contribution in [3.05, 3.63) is 33.2 Å². The first-order valence-electron chi connectivity index (χ1n) is 8.37. The Morgan fingerprint density at radius 2 is 2.04 bits per heavy atom. The van der Waals surface area contributed by atoms with Crippen LogP contribution in [0.15, 0.2) is 22.0 Å². The van der Waals surface area contributed by atoms with Crippen LogP contribution in [-0.4, -0.2) is 42.7 Å². The first-order valence-corrected chi connectivity index (χ1v) is 9.57. The number of rotatable bonds is 1. The molecule has 0 aromatic heterocycles. The number of benzene rings is 1. The van der Waals surface area contributed by atoms with E-state index in [0.717, 1.165) is 12.0 Å². The Hall–Kier alpha value is -1.46. The highest BCUT2D eigenvalue weighted by molar-refractivity contribution is 8.18. The fraction of sp³-hybridized carbons (Fsp3) is 0.474. The molecule has 1 saturated heterocycles. The number of aliphatic imine (C=N–C) groups is 1. The molecule has 0 N–H and O–H groups in total. The molecule has 4 nitrogen and oxygen atoms in total. The van der Waals surface area contributed by atoms with Gasteiger partial charge in [-0.1, -0.05) is 18.5 Å². The molecule has 1 fully saturated rings. The fourth-order valence-corrected chi connectivity index (χ4v) is 4.74. The molecule has 6 heteroatoms. The van der Waals surface area contributed by atoms with Crippen molar-refractivity contribution in [3.8, 4) is 0 Å². The molecular weight excluding hydrogens is 354 g/mol. The number of halogens is 1. The van der Waals surface area contributed by atoms with Crippen LogP contribution in [0.4, 0.5) is 5.69 Å². The summed E-state index contributed by atoms with van der Waals surface area (Å²) in [5.74, 6) is 0.406. The molecule has 3 rings (SSSR count). The van der Waals surface area contributed by atoms with Gasteiger partial charge in [0.1, 0.15) is 0 Å². The van der Waals surface area contributed by atoms with E-state index in [0.29, 0.717) is 21.0 Å². The van der Waals surface area contributed by atoms with E-state index in [1.54, 1.807) is 19.0 Å². The molecule has 134 valence electrons. The molecule has 25 heavy (non-hydrogen) atoms. The van der Waals surface area contributed by atoms with E-state index in [2.05, 4.69) is 43.8 Å². The van der Waals surface area contributed by atoms with E-state index in [1.807, 2.05) is 12.1 Å². The number of thioether (sulfide) groups is 1. The number of hydrogen-bond acceptors (Lipinski definition) is 4. The SMILES string of the molecule is CN=C1S/C(=C\c2cc3c(cc2Cl)N(C)C(C)(C)C[C@@H]3C)C(=O)N1C. The lowest BCUT2D eigenvalue weighted by Gasteiger charge is -2.45. The highest BCUT2D eigenvalue weighted by Crippen LogP contribution is 2.45. The summed E-state index contributed by atoms with van der Waals surface area (Å²) in [4.78, 5) is 21.1. The van der Waals surface area contributed by atoms with Gasteiger partial charge in [-0.2, -0.15) is 0 Å². The molecule has 1 aromatic rings. The number of hydrogen-bond donors (Lipinski definition) is 0. The predicted octanol–water partition coefficient (Wildman–Crippen LogP) is 4.59. The minimum absolute atomic E-state index is 0.0364. The second-order valence-electron chi connectivity index (χ2n) is 7.39. The van der Waals surface area contributed by atoms with Gasteiger partial charge in [-0.3, -0.25) is 14.7 Å². The third-order valence-corrected chi connectivity index (χ3v) is 6.71. The molecule has 0 saturated carbocycles. The third-order valence-electron chi connectivity index (χ3n) is 5.23. The van der Waals surface area contributed by atoms with E-state index in [-0.39, 0.29) is 11.4 Å². The van der Waals surface area contributed by atoms with Crippen LogP contribution < -0.4 is 4.90 Å². The van der Waals surface area contributed by atoms with Crippen LogP contribution >= 0.6 is 23.4 Å². The zero-order chi connectivity index (χ0) is 18.5. The molecule has 0 spiro atoms. The van der Waals surface area contributed by atoms with Gasteiger partial charge in [0.15, 0.2) is 5.17 Å². The maximum absolute atomic E-state index is 12.4. The van der Waals surface area contributed by atoms with Gasteiger partial charge in [0, 0.05) is 37.4 Å². The van der Waals surface area contributed by atoms with Gasteiger partial charge in [-0.15, -0.1) is 0 Å². The number of likely N-dealkylation sites (N-methyl/N-ethyl adjacent to an activating group) is 1. The second kappa shape index (κ2) is 6.36. The van der Waals surface area contributed by atoms with Gasteiger partial charge in [0.25, 0.3) is 5.91 Å². The van der Waals surface area contributed by atoms with E-state index in [1.165, 1.54) is 23.0 Å². The summed E-state index contributed by atoms with van der Waals surface area (Å²) in [6, 6.07) is 4.17. The third kappa shape index (κ3) is 3.08. The topological polar surface area (TPSA) is 35.9 Å². The molecule has 0 aliphatic carbocycles. The molecule has 0 unspecified atom stereocenters. The number of nitrogens with zero attached hydrogens (tertiary/aromatic N) is 3. The zero-order valence-electron chi connectivity index (χ0n) is 15.6. The number of carbonyl (C=O) groups excluding carboxylic acids is 1. The van der Waals surface area contributed by atoms with Crippen molar-refractivity contribution in [2.45, 2.75) is 38.6 Å². The van der Waals surface area contributed by atoms with E-state index >= 15 is 0 Å². The summed E-state index contributed by atoms with van der Waals surface area (Å²) in [5.41, 5.74) is 3.45. The molecule has 0 bridgehead atoms. The van der Waals surface area contributed by atoms with Gasteiger partial charge in [-0.25, -0.2) is 0 Å². The first-order chi connectivity index (χ1) is 11.7.